The average Bonchev–Trinajstić information content (AvgIpc) is 2.43. The van der Waals surface area contributed by atoms with Crippen LogP contribution in [-0.2, 0) is 14.8 Å². The standard InChI is InChI=1S/C12H16N2O6S/c1-2-3-6-9(12(15)16)13-21(19,20)11-8-5-4-7-10(11)14(17)18/h4-5,7-9,13H,2-3,6H2,1H3,(H,15,16). The van der Waals surface area contributed by atoms with Gasteiger partial charge in [-0.25, -0.2) is 8.42 Å². The molecule has 0 spiro atoms. The number of carboxylic acid groups (broad SMARTS) is 1. The van der Waals surface area contributed by atoms with Crippen molar-refractivity contribution in [2.24, 2.45) is 0 Å². The van der Waals surface area contributed by atoms with Crippen molar-refractivity contribution in [1.29, 1.82) is 0 Å². The van der Waals surface area contributed by atoms with E-state index in [-0.39, 0.29) is 6.42 Å². The Morgan fingerprint density at radius 2 is 2.05 bits per heavy atom. The topological polar surface area (TPSA) is 127 Å². The SMILES string of the molecule is CCCCC(NS(=O)(=O)c1ccccc1[N+](=O)[O-])C(=O)O. The summed E-state index contributed by atoms with van der Waals surface area (Å²) in [4.78, 5) is 20.6. The summed E-state index contributed by atoms with van der Waals surface area (Å²) in [5.74, 6) is -1.31. The number of nitro benzene ring substituents is 1. The van der Waals surface area contributed by atoms with E-state index >= 15 is 0 Å². The van der Waals surface area contributed by atoms with E-state index < -0.39 is 37.5 Å². The Kier molecular flexibility index (Phi) is 5.79. The van der Waals surface area contributed by atoms with Crippen molar-refractivity contribution in [1.82, 2.24) is 4.72 Å². The smallest absolute Gasteiger partial charge is 0.321 e. The largest absolute Gasteiger partial charge is 0.480 e. The van der Waals surface area contributed by atoms with E-state index in [0.717, 1.165) is 12.1 Å². The predicted molar refractivity (Wildman–Crippen MR) is 74.4 cm³/mol. The van der Waals surface area contributed by atoms with E-state index in [1.165, 1.54) is 12.1 Å². The molecule has 0 bridgehead atoms. The van der Waals surface area contributed by atoms with Gasteiger partial charge in [0.1, 0.15) is 6.04 Å². The number of sulfonamides is 1. The van der Waals surface area contributed by atoms with Gasteiger partial charge in [0.15, 0.2) is 4.90 Å². The number of nitrogens with one attached hydrogen (secondary N) is 1. The lowest BCUT2D eigenvalue weighted by atomic mass is 10.1. The quantitative estimate of drug-likeness (QED) is 0.553. The third-order valence-electron chi connectivity index (χ3n) is 2.79. The molecule has 21 heavy (non-hydrogen) atoms. The number of aliphatic carboxylic acids is 1. The zero-order chi connectivity index (χ0) is 16.0. The second-order valence-corrected chi connectivity index (χ2v) is 6.06. The normalized spacial score (nSPS) is 12.8. The van der Waals surface area contributed by atoms with Crippen LogP contribution in [0.2, 0.25) is 0 Å². The van der Waals surface area contributed by atoms with Crippen molar-refractivity contribution >= 4 is 21.7 Å². The number of nitrogens with zero attached hydrogens (tertiary/aromatic N) is 1. The van der Waals surface area contributed by atoms with Gasteiger partial charge in [-0.15, -0.1) is 0 Å². The first kappa shape index (κ1) is 17.1. The van der Waals surface area contributed by atoms with Crippen molar-refractivity contribution in [3.05, 3.63) is 34.4 Å². The molecule has 2 N–H and O–H groups in total. The summed E-state index contributed by atoms with van der Waals surface area (Å²) in [6.45, 7) is 1.84. The Bertz CT molecular complexity index is 628. The van der Waals surface area contributed by atoms with Crippen LogP contribution >= 0.6 is 0 Å². The van der Waals surface area contributed by atoms with Crippen molar-refractivity contribution in [3.8, 4) is 0 Å². The van der Waals surface area contributed by atoms with E-state index in [0.29, 0.717) is 12.8 Å². The molecule has 0 aliphatic heterocycles. The summed E-state index contributed by atoms with van der Waals surface area (Å²) in [5.41, 5.74) is -0.593. The van der Waals surface area contributed by atoms with Gasteiger partial charge in [-0.05, 0) is 12.5 Å². The molecule has 1 rings (SSSR count). The Balaban J connectivity index is 3.11. The van der Waals surface area contributed by atoms with E-state index in [1.54, 1.807) is 0 Å². The van der Waals surface area contributed by atoms with Gasteiger partial charge in [0.2, 0.25) is 10.0 Å². The molecule has 0 aromatic heterocycles. The van der Waals surface area contributed by atoms with Gasteiger partial charge in [0.25, 0.3) is 5.69 Å². The fourth-order valence-corrected chi connectivity index (χ4v) is 3.12. The second kappa shape index (κ2) is 7.14. The van der Waals surface area contributed by atoms with Crippen molar-refractivity contribution in [2.45, 2.75) is 37.1 Å². The molecule has 1 unspecified atom stereocenters. The third-order valence-corrected chi connectivity index (χ3v) is 4.31. The van der Waals surface area contributed by atoms with Crippen LogP contribution in [0.4, 0.5) is 5.69 Å². The molecular weight excluding hydrogens is 300 g/mol. The van der Waals surface area contributed by atoms with E-state index in [4.69, 9.17) is 5.11 Å². The minimum atomic E-state index is -4.28. The summed E-state index contributed by atoms with van der Waals surface area (Å²) in [5, 5.41) is 19.9. The molecule has 9 heteroatoms. The summed E-state index contributed by atoms with van der Waals surface area (Å²) < 4.78 is 26.3. The fourth-order valence-electron chi connectivity index (χ4n) is 1.73. The van der Waals surface area contributed by atoms with Gasteiger partial charge < -0.3 is 5.11 Å². The summed E-state index contributed by atoms with van der Waals surface area (Å²) in [6, 6.07) is 3.48. The molecule has 0 saturated heterocycles. The highest BCUT2D eigenvalue weighted by atomic mass is 32.2. The maximum absolute atomic E-state index is 12.2. The first-order valence-electron chi connectivity index (χ1n) is 6.28. The van der Waals surface area contributed by atoms with Gasteiger partial charge in [0, 0.05) is 6.07 Å². The molecule has 8 nitrogen and oxygen atoms in total. The molecule has 0 saturated carbocycles. The van der Waals surface area contributed by atoms with Crippen LogP contribution in [0.3, 0.4) is 0 Å². The lowest BCUT2D eigenvalue weighted by Crippen LogP contribution is -2.40. The van der Waals surface area contributed by atoms with Crippen molar-refractivity contribution in [2.75, 3.05) is 0 Å². The number of hydrogen-bond acceptors (Lipinski definition) is 5. The molecule has 0 radical (unpaired) electrons. The van der Waals surface area contributed by atoms with Gasteiger partial charge in [-0.1, -0.05) is 31.9 Å². The number of benzene rings is 1. The lowest BCUT2D eigenvalue weighted by Gasteiger charge is -2.14. The first-order chi connectivity index (χ1) is 9.79. The van der Waals surface area contributed by atoms with Gasteiger partial charge >= 0.3 is 5.97 Å². The Morgan fingerprint density at radius 1 is 1.43 bits per heavy atom. The number of carbonyl (C=O) groups is 1. The zero-order valence-corrected chi connectivity index (χ0v) is 12.2. The summed E-state index contributed by atoms with van der Waals surface area (Å²) >= 11 is 0. The third kappa shape index (κ3) is 4.50. The van der Waals surface area contributed by atoms with Crippen molar-refractivity contribution < 1.29 is 23.2 Å². The van der Waals surface area contributed by atoms with Crippen LogP contribution in [0.15, 0.2) is 29.2 Å². The minimum Gasteiger partial charge on any atom is -0.480 e. The molecule has 0 aliphatic rings. The number of para-hydroxylation sites is 1. The summed E-state index contributed by atoms with van der Waals surface area (Å²) in [7, 11) is -4.28. The number of unbranched alkanes of at least 4 members (excludes halogenated alkanes) is 1. The van der Waals surface area contributed by atoms with Crippen LogP contribution in [-0.4, -0.2) is 30.5 Å². The minimum absolute atomic E-state index is 0.117. The maximum atomic E-state index is 12.2. The Labute approximate surface area is 122 Å². The highest BCUT2D eigenvalue weighted by Crippen LogP contribution is 2.23. The Morgan fingerprint density at radius 3 is 2.57 bits per heavy atom. The maximum Gasteiger partial charge on any atom is 0.321 e. The average molecular weight is 316 g/mol. The van der Waals surface area contributed by atoms with Crippen LogP contribution in [0, 0.1) is 10.1 Å². The van der Waals surface area contributed by atoms with Crippen molar-refractivity contribution in [3.63, 3.8) is 0 Å². The lowest BCUT2D eigenvalue weighted by molar-refractivity contribution is -0.387. The highest BCUT2D eigenvalue weighted by Gasteiger charge is 2.30. The molecule has 0 heterocycles. The fraction of sp³-hybridized carbons (Fsp3) is 0.417. The Hall–Kier alpha value is -2.00. The molecule has 116 valence electrons. The predicted octanol–water partition coefficient (Wildman–Crippen LogP) is 1.52. The number of carboxylic acids is 1. The highest BCUT2D eigenvalue weighted by molar-refractivity contribution is 7.89. The molecule has 1 aromatic rings. The molecule has 0 fully saturated rings. The number of rotatable bonds is 8. The van der Waals surface area contributed by atoms with Crippen LogP contribution in [0.1, 0.15) is 26.2 Å². The van der Waals surface area contributed by atoms with E-state index in [1.807, 2.05) is 11.6 Å². The molecule has 1 atom stereocenters. The van der Waals surface area contributed by atoms with Gasteiger partial charge in [-0.2, -0.15) is 4.72 Å². The molecular formula is C12H16N2O6S. The molecule has 0 aliphatic carbocycles. The molecule has 1 aromatic carbocycles. The second-order valence-electron chi connectivity index (χ2n) is 4.38. The number of nitro groups is 1. The van der Waals surface area contributed by atoms with Crippen LogP contribution in [0.25, 0.3) is 0 Å². The zero-order valence-electron chi connectivity index (χ0n) is 11.4. The summed E-state index contributed by atoms with van der Waals surface area (Å²) in [6.07, 6.45) is 1.35. The monoisotopic (exact) mass is 316 g/mol. The van der Waals surface area contributed by atoms with Gasteiger partial charge in [-0.3, -0.25) is 14.9 Å². The first-order valence-corrected chi connectivity index (χ1v) is 7.76. The van der Waals surface area contributed by atoms with Crippen LogP contribution in [0.5, 0.6) is 0 Å². The van der Waals surface area contributed by atoms with E-state index in [2.05, 4.69) is 0 Å². The van der Waals surface area contributed by atoms with Gasteiger partial charge in [0.05, 0.1) is 4.92 Å². The van der Waals surface area contributed by atoms with E-state index in [9.17, 15) is 23.3 Å². The number of hydrogen-bond donors (Lipinski definition) is 2. The van der Waals surface area contributed by atoms with Crippen LogP contribution < -0.4 is 4.72 Å². The molecule has 0 amide bonds.